The number of allylic oxidation sites excluding steroid dienone is 4. The number of aromatic nitrogens is 4. The van der Waals surface area contributed by atoms with Crippen LogP contribution in [-0.4, -0.2) is 43.8 Å². The van der Waals surface area contributed by atoms with Crippen molar-refractivity contribution >= 4 is 68.3 Å². The summed E-state index contributed by atoms with van der Waals surface area (Å²) in [5, 5.41) is 0. The van der Waals surface area contributed by atoms with Gasteiger partial charge in [-0.3, -0.25) is 0 Å². The largest absolute Gasteiger partial charge is 4.00 e. The van der Waals surface area contributed by atoms with Crippen molar-refractivity contribution in [3.05, 3.63) is 69.3 Å². The molecule has 4 nitrogen and oxygen atoms in total. The molecule has 41 heavy (non-hydrogen) atoms. The maximum absolute atomic E-state index is 5.28. The molecule has 8 bridgehead atoms. The first-order valence-corrected chi connectivity index (χ1v) is 15.7. The molecule has 210 valence electrons. The Bertz CT molecular complexity index is 1560. The van der Waals surface area contributed by atoms with Crippen LogP contribution >= 0.6 is 0 Å². The molecule has 2 aliphatic rings. The van der Waals surface area contributed by atoms with E-state index < -0.39 is 0 Å². The van der Waals surface area contributed by atoms with E-state index in [2.05, 4.69) is 89.6 Å². The number of aromatic amines is 2. The first kappa shape index (κ1) is 31.3. The van der Waals surface area contributed by atoms with E-state index in [0.29, 0.717) is 0 Å². The maximum Gasteiger partial charge on any atom is 4.00 e. The van der Waals surface area contributed by atoms with Crippen molar-refractivity contribution in [2.75, 3.05) is 0 Å². The Morgan fingerprint density at radius 2 is 0.659 bits per heavy atom. The van der Waals surface area contributed by atoms with Crippen LogP contribution in [0.25, 0.3) is 44.4 Å². The average Bonchev–Trinajstić information content (AvgIpc) is 3.67. The zero-order valence-electron chi connectivity index (χ0n) is 26.4. The number of fused-ring (bicyclic) bond motifs is 8. The fraction of sp³-hybridized carbons (Fsp3) is 0.444. The van der Waals surface area contributed by atoms with E-state index in [0.717, 1.165) is 74.1 Å². The molecule has 3 aromatic rings. The predicted octanol–water partition coefficient (Wildman–Crippen LogP) is 9.65. The van der Waals surface area contributed by atoms with Gasteiger partial charge in [0.15, 0.2) is 0 Å². The van der Waals surface area contributed by atoms with E-state index >= 15 is 0 Å². The second-order valence-electron chi connectivity index (χ2n) is 10.9. The maximum atomic E-state index is 5.28. The normalized spacial score (nSPS) is 13.3. The van der Waals surface area contributed by atoms with Gasteiger partial charge in [-0.1, -0.05) is 55.4 Å². The van der Waals surface area contributed by atoms with Gasteiger partial charge in [-0.15, -0.1) is 0 Å². The van der Waals surface area contributed by atoms with E-state index in [9.17, 15) is 0 Å². The standard InChI is InChI=1S/C36H46N4.Sn/c1-9-21-22(10-2)30-18-32-25(13-5)26(14-6)34(39-32)20-36-28(16-8)27(15-7)35(40-36)19-33-24(12-4)23(11-3)31(38-33)17-29(21)37-30;/h17-20,37-38H,9-16H2,1-8H3;/q;+4. The molecule has 0 aliphatic carbocycles. The summed E-state index contributed by atoms with van der Waals surface area (Å²) in [7, 11) is 0. The van der Waals surface area contributed by atoms with Crippen molar-refractivity contribution in [2.24, 2.45) is 0 Å². The second-order valence-corrected chi connectivity index (χ2v) is 10.9. The Kier molecular flexibility index (Phi) is 10.0. The van der Waals surface area contributed by atoms with Crippen LogP contribution in [-0.2, 0) is 25.7 Å². The van der Waals surface area contributed by atoms with E-state index in [1.807, 2.05) is 0 Å². The number of aryl methyl sites for hydroxylation is 4. The molecule has 5 rings (SSSR count). The van der Waals surface area contributed by atoms with Crippen molar-refractivity contribution in [3.63, 3.8) is 0 Å². The fourth-order valence-corrected chi connectivity index (χ4v) is 7.10. The minimum Gasteiger partial charge on any atom is -0.355 e. The Morgan fingerprint density at radius 3 is 0.927 bits per heavy atom. The van der Waals surface area contributed by atoms with Gasteiger partial charge in [-0.05, 0) is 120 Å². The molecule has 0 spiro atoms. The van der Waals surface area contributed by atoms with Crippen molar-refractivity contribution < 1.29 is 0 Å². The summed E-state index contributed by atoms with van der Waals surface area (Å²) in [5.41, 5.74) is 20.2. The Morgan fingerprint density at radius 1 is 0.390 bits per heavy atom. The van der Waals surface area contributed by atoms with Gasteiger partial charge < -0.3 is 9.97 Å². The second kappa shape index (κ2) is 13.1. The molecule has 0 atom stereocenters. The molecular weight excluding hydrogens is 607 g/mol. The average molecular weight is 654 g/mol. The van der Waals surface area contributed by atoms with Gasteiger partial charge >= 0.3 is 23.9 Å². The van der Waals surface area contributed by atoms with Gasteiger partial charge in [0.05, 0.1) is 22.8 Å². The zero-order valence-corrected chi connectivity index (χ0v) is 29.2. The minimum atomic E-state index is 0. The van der Waals surface area contributed by atoms with Crippen molar-refractivity contribution in [2.45, 2.75) is 107 Å². The molecule has 0 amide bonds. The zero-order chi connectivity index (χ0) is 28.6. The number of hydrogen-bond acceptors (Lipinski definition) is 2. The van der Waals surface area contributed by atoms with Crippen LogP contribution in [0.1, 0.15) is 126 Å². The van der Waals surface area contributed by atoms with Gasteiger partial charge in [-0.25, -0.2) is 9.97 Å². The number of nitrogens with one attached hydrogen (secondary N) is 2. The number of H-pyrrole nitrogens is 2. The summed E-state index contributed by atoms with van der Waals surface area (Å²) in [6.07, 6.45) is 7.84. The van der Waals surface area contributed by atoms with Crippen molar-refractivity contribution in [1.29, 1.82) is 0 Å². The number of nitrogens with zero attached hydrogens (tertiary/aromatic N) is 2. The predicted molar refractivity (Wildman–Crippen MR) is 179 cm³/mol. The van der Waals surface area contributed by atoms with E-state index in [1.165, 1.54) is 66.6 Å². The van der Waals surface area contributed by atoms with Crippen LogP contribution in [0.5, 0.6) is 0 Å². The summed E-state index contributed by atoms with van der Waals surface area (Å²) in [6.45, 7) is 18.1. The SMILES string of the molecule is CCC1=C(CC)c2cc3[nH]c(cc4[nH]c(cc5nc(cc1n2)C(CC)=C5CC)c(CC)c4CC)c(CC)c3CC.[Sn+4]. The van der Waals surface area contributed by atoms with Gasteiger partial charge in [0.25, 0.3) is 0 Å². The Hall–Kier alpha value is -2.60. The van der Waals surface area contributed by atoms with Gasteiger partial charge in [0.2, 0.25) is 0 Å². The summed E-state index contributed by atoms with van der Waals surface area (Å²) >= 11 is 0. The molecule has 5 heteroatoms. The molecule has 0 radical (unpaired) electrons. The van der Waals surface area contributed by atoms with Crippen LogP contribution in [0.4, 0.5) is 0 Å². The monoisotopic (exact) mass is 654 g/mol. The number of rotatable bonds is 8. The van der Waals surface area contributed by atoms with E-state index in [4.69, 9.17) is 9.97 Å². The molecule has 0 unspecified atom stereocenters. The van der Waals surface area contributed by atoms with Crippen LogP contribution in [0.15, 0.2) is 24.3 Å². The molecular formula is C36H46N4Sn+4. The molecule has 5 heterocycles. The first-order valence-electron chi connectivity index (χ1n) is 15.7. The quantitative estimate of drug-likeness (QED) is 0.238. The molecule has 0 aromatic carbocycles. The summed E-state index contributed by atoms with van der Waals surface area (Å²) < 4.78 is 0. The van der Waals surface area contributed by atoms with Crippen LogP contribution < -0.4 is 0 Å². The number of hydrogen-bond donors (Lipinski definition) is 2. The van der Waals surface area contributed by atoms with Crippen molar-refractivity contribution in [1.82, 2.24) is 19.9 Å². The topological polar surface area (TPSA) is 57.4 Å². The smallest absolute Gasteiger partial charge is 0.355 e. The molecule has 3 aromatic heterocycles. The van der Waals surface area contributed by atoms with Gasteiger partial charge in [0.1, 0.15) is 0 Å². The van der Waals surface area contributed by atoms with Gasteiger partial charge in [0, 0.05) is 22.1 Å². The summed E-state index contributed by atoms with van der Waals surface area (Å²) in [5.74, 6) is 0. The molecule has 2 N–H and O–H groups in total. The Labute approximate surface area is 263 Å². The molecule has 2 aliphatic heterocycles. The van der Waals surface area contributed by atoms with Crippen LogP contribution in [0, 0.1) is 0 Å². The fourth-order valence-electron chi connectivity index (χ4n) is 7.10. The molecule has 0 fully saturated rings. The van der Waals surface area contributed by atoms with E-state index in [-0.39, 0.29) is 23.9 Å². The third kappa shape index (κ3) is 5.37. The van der Waals surface area contributed by atoms with Crippen LogP contribution in [0.2, 0.25) is 0 Å². The molecule has 0 saturated carbocycles. The summed E-state index contributed by atoms with van der Waals surface area (Å²) in [6, 6.07) is 9.24. The third-order valence-corrected chi connectivity index (χ3v) is 8.97. The Balaban J connectivity index is 0.00000387. The minimum absolute atomic E-state index is 0. The van der Waals surface area contributed by atoms with Gasteiger partial charge in [-0.2, -0.15) is 0 Å². The summed E-state index contributed by atoms with van der Waals surface area (Å²) in [4.78, 5) is 18.2. The molecule has 0 saturated heterocycles. The van der Waals surface area contributed by atoms with Crippen LogP contribution in [0.3, 0.4) is 0 Å². The van der Waals surface area contributed by atoms with Crippen molar-refractivity contribution in [3.8, 4) is 0 Å². The van der Waals surface area contributed by atoms with E-state index in [1.54, 1.807) is 0 Å². The third-order valence-electron chi connectivity index (χ3n) is 8.97. The first-order chi connectivity index (χ1) is 19.5.